The first kappa shape index (κ1) is 10.2. The van der Waals surface area contributed by atoms with Gasteiger partial charge in [0.15, 0.2) is 0 Å². The number of hydrogen-bond acceptors (Lipinski definition) is 2. The molecule has 4 rings (SSSR count). The molecule has 0 radical (unpaired) electrons. The van der Waals surface area contributed by atoms with Crippen LogP contribution in [0.15, 0.2) is 12.2 Å². The van der Waals surface area contributed by atoms with Gasteiger partial charge in [0.2, 0.25) is 0 Å². The van der Waals surface area contributed by atoms with Crippen molar-refractivity contribution in [3.8, 4) is 0 Å². The summed E-state index contributed by atoms with van der Waals surface area (Å²) in [7, 11) is 0. The molecule has 2 heteroatoms. The maximum Gasteiger partial charge on any atom is 0.309 e. The van der Waals surface area contributed by atoms with E-state index in [2.05, 4.69) is 12.2 Å². The highest BCUT2D eigenvalue weighted by atomic mass is 16.5. The third-order valence-electron chi connectivity index (χ3n) is 5.86. The van der Waals surface area contributed by atoms with Crippen LogP contribution in [0.2, 0.25) is 0 Å². The summed E-state index contributed by atoms with van der Waals surface area (Å²) in [5.74, 6) is 5.15. The first-order valence-corrected chi connectivity index (χ1v) is 7.14. The van der Waals surface area contributed by atoms with E-state index in [1.807, 2.05) is 6.92 Å². The number of ether oxygens (including phenoxy) is 1. The topological polar surface area (TPSA) is 26.3 Å². The maximum absolute atomic E-state index is 12.0. The molecule has 4 bridgehead atoms. The standard InChI is InChI=1S/C15H20O2/c1-2-17-15(16)12-7-10-6-11(12)14-9-4-3-8(5-9)13(10)14/h3-4,8-14H,2,5-7H2,1H3. The van der Waals surface area contributed by atoms with Gasteiger partial charge in [0.1, 0.15) is 0 Å². The third-order valence-corrected chi connectivity index (χ3v) is 5.86. The quantitative estimate of drug-likeness (QED) is 0.415. The molecule has 7 unspecified atom stereocenters. The van der Waals surface area contributed by atoms with Crippen molar-refractivity contribution in [2.24, 2.45) is 41.4 Å². The summed E-state index contributed by atoms with van der Waals surface area (Å²) in [6.07, 6.45) is 8.66. The van der Waals surface area contributed by atoms with Gasteiger partial charge in [0.25, 0.3) is 0 Å². The van der Waals surface area contributed by atoms with Gasteiger partial charge in [-0.05, 0) is 61.7 Å². The van der Waals surface area contributed by atoms with Gasteiger partial charge in [-0.25, -0.2) is 0 Å². The van der Waals surface area contributed by atoms with E-state index in [4.69, 9.17) is 4.74 Å². The Kier molecular flexibility index (Phi) is 2.01. The summed E-state index contributed by atoms with van der Waals surface area (Å²) < 4.78 is 5.25. The second-order valence-electron chi connectivity index (χ2n) is 6.36. The second-order valence-corrected chi connectivity index (χ2v) is 6.36. The van der Waals surface area contributed by atoms with Crippen LogP contribution in [0.1, 0.15) is 26.2 Å². The molecule has 92 valence electrons. The monoisotopic (exact) mass is 232 g/mol. The van der Waals surface area contributed by atoms with Gasteiger partial charge >= 0.3 is 5.97 Å². The van der Waals surface area contributed by atoms with E-state index in [9.17, 15) is 4.79 Å². The predicted molar refractivity (Wildman–Crippen MR) is 64.1 cm³/mol. The Bertz CT molecular complexity index is 386. The molecule has 0 aliphatic heterocycles. The van der Waals surface area contributed by atoms with Gasteiger partial charge in [0.05, 0.1) is 12.5 Å². The second kappa shape index (κ2) is 3.37. The van der Waals surface area contributed by atoms with Crippen LogP contribution in [0, 0.1) is 41.4 Å². The number of fused-ring (bicyclic) bond motifs is 9. The van der Waals surface area contributed by atoms with Crippen LogP contribution in [-0.4, -0.2) is 12.6 Å². The minimum absolute atomic E-state index is 0.0882. The van der Waals surface area contributed by atoms with Crippen molar-refractivity contribution in [2.75, 3.05) is 6.61 Å². The highest BCUT2D eigenvalue weighted by Gasteiger charge is 2.62. The van der Waals surface area contributed by atoms with Crippen LogP contribution < -0.4 is 0 Å². The fourth-order valence-corrected chi connectivity index (χ4v) is 5.54. The SMILES string of the molecule is CCOC(=O)C1CC2CC1C1C3C=CC(C3)C21. The number of rotatable bonds is 2. The van der Waals surface area contributed by atoms with Gasteiger partial charge in [-0.2, -0.15) is 0 Å². The Balaban J connectivity index is 1.59. The number of hydrogen-bond donors (Lipinski definition) is 0. The van der Waals surface area contributed by atoms with E-state index < -0.39 is 0 Å². The normalized spacial score (nSPS) is 53.1. The molecule has 0 N–H and O–H groups in total. The molecular formula is C15H20O2. The fraction of sp³-hybridized carbons (Fsp3) is 0.800. The molecule has 0 saturated heterocycles. The van der Waals surface area contributed by atoms with Crippen LogP contribution in [0.3, 0.4) is 0 Å². The van der Waals surface area contributed by atoms with Crippen molar-refractivity contribution in [3.05, 3.63) is 12.2 Å². The van der Waals surface area contributed by atoms with Crippen LogP contribution in [0.25, 0.3) is 0 Å². The average molecular weight is 232 g/mol. The van der Waals surface area contributed by atoms with Gasteiger partial charge in [-0.15, -0.1) is 0 Å². The zero-order chi connectivity index (χ0) is 11.6. The molecule has 0 aromatic heterocycles. The highest BCUT2D eigenvalue weighted by molar-refractivity contribution is 5.73. The van der Waals surface area contributed by atoms with Crippen molar-refractivity contribution in [1.82, 2.24) is 0 Å². The molecule has 3 saturated carbocycles. The Hall–Kier alpha value is -0.790. The molecular weight excluding hydrogens is 212 g/mol. The Morgan fingerprint density at radius 3 is 2.71 bits per heavy atom. The molecule has 2 nitrogen and oxygen atoms in total. The van der Waals surface area contributed by atoms with Crippen LogP contribution in [0.5, 0.6) is 0 Å². The minimum Gasteiger partial charge on any atom is -0.466 e. The number of allylic oxidation sites excluding steroid dienone is 2. The van der Waals surface area contributed by atoms with Gasteiger partial charge in [-0.1, -0.05) is 12.2 Å². The predicted octanol–water partition coefficient (Wildman–Crippen LogP) is 2.64. The smallest absolute Gasteiger partial charge is 0.309 e. The van der Waals surface area contributed by atoms with Crippen LogP contribution >= 0.6 is 0 Å². The Labute approximate surface area is 102 Å². The largest absolute Gasteiger partial charge is 0.466 e. The summed E-state index contributed by atoms with van der Waals surface area (Å²) in [4.78, 5) is 12.0. The lowest BCUT2D eigenvalue weighted by molar-refractivity contribution is -0.151. The zero-order valence-electron chi connectivity index (χ0n) is 10.3. The molecule has 0 aromatic rings. The van der Waals surface area contributed by atoms with E-state index in [1.54, 1.807) is 0 Å². The average Bonchev–Trinajstić information content (AvgIpc) is 3.07. The van der Waals surface area contributed by atoms with Gasteiger partial charge < -0.3 is 4.74 Å². The lowest BCUT2D eigenvalue weighted by Gasteiger charge is -2.35. The first-order chi connectivity index (χ1) is 8.29. The van der Waals surface area contributed by atoms with E-state index in [1.165, 1.54) is 12.8 Å². The molecule has 0 spiro atoms. The molecule has 4 aliphatic carbocycles. The summed E-state index contributed by atoms with van der Waals surface area (Å²) in [6.45, 7) is 2.45. The molecule has 17 heavy (non-hydrogen) atoms. The summed E-state index contributed by atoms with van der Waals surface area (Å²) in [5.41, 5.74) is 0. The summed E-state index contributed by atoms with van der Waals surface area (Å²) in [6, 6.07) is 0. The van der Waals surface area contributed by atoms with E-state index in [-0.39, 0.29) is 11.9 Å². The molecule has 7 atom stereocenters. The van der Waals surface area contributed by atoms with Gasteiger partial charge in [0, 0.05) is 0 Å². The maximum atomic E-state index is 12.0. The van der Waals surface area contributed by atoms with Crippen molar-refractivity contribution in [2.45, 2.75) is 26.2 Å². The van der Waals surface area contributed by atoms with E-state index >= 15 is 0 Å². The van der Waals surface area contributed by atoms with Crippen molar-refractivity contribution in [3.63, 3.8) is 0 Å². The minimum atomic E-state index is 0.0882. The van der Waals surface area contributed by atoms with E-state index in [0.717, 1.165) is 36.0 Å². The van der Waals surface area contributed by atoms with Crippen molar-refractivity contribution < 1.29 is 9.53 Å². The lowest BCUT2D eigenvalue weighted by Crippen LogP contribution is -2.35. The molecule has 4 aliphatic rings. The lowest BCUT2D eigenvalue weighted by atomic mass is 9.69. The van der Waals surface area contributed by atoms with Crippen LogP contribution in [0.4, 0.5) is 0 Å². The molecule has 0 aromatic carbocycles. The number of esters is 1. The first-order valence-electron chi connectivity index (χ1n) is 7.14. The summed E-state index contributed by atoms with van der Waals surface area (Å²) >= 11 is 0. The Morgan fingerprint density at radius 2 is 1.94 bits per heavy atom. The van der Waals surface area contributed by atoms with Crippen molar-refractivity contribution >= 4 is 5.97 Å². The number of carbonyl (C=O) groups is 1. The van der Waals surface area contributed by atoms with Crippen molar-refractivity contribution in [1.29, 1.82) is 0 Å². The van der Waals surface area contributed by atoms with E-state index in [0.29, 0.717) is 12.5 Å². The molecule has 0 amide bonds. The zero-order valence-corrected chi connectivity index (χ0v) is 10.3. The van der Waals surface area contributed by atoms with Crippen LogP contribution in [-0.2, 0) is 9.53 Å². The molecule has 0 heterocycles. The Morgan fingerprint density at radius 1 is 1.18 bits per heavy atom. The number of carbonyl (C=O) groups excluding carboxylic acids is 1. The van der Waals surface area contributed by atoms with Gasteiger partial charge in [-0.3, -0.25) is 4.79 Å². The third kappa shape index (κ3) is 1.19. The molecule has 3 fully saturated rings. The highest BCUT2D eigenvalue weighted by Crippen LogP contribution is 2.67. The fourth-order valence-electron chi connectivity index (χ4n) is 5.54. The summed E-state index contributed by atoms with van der Waals surface area (Å²) in [5, 5.41) is 0.